The maximum atomic E-state index is 13.4. The highest BCUT2D eigenvalue weighted by Gasteiger charge is 2.13. The van der Waals surface area contributed by atoms with Crippen molar-refractivity contribution in [3.8, 4) is 0 Å². The SMILES string of the molecule is C[C@H](NC(=O)COC(=O)CSc1ccccc1F)c1cccc(Cl)c1. The fraction of sp³-hybridized carbons (Fsp3) is 0.222. The number of nitrogens with one attached hydrogen (secondary N) is 1. The Hall–Kier alpha value is -2.05. The molecule has 0 radical (unpaired) electrons. The first-order valence-electron chi connectivity index (χ1n) is 7.53. The lowest BCUT2D eigenvalue weighted by Crippen LogP contribution is -2.31. The van der Waals surface area contributed by atoms with Crippen molar-refractivity contribution in [2.24, 2.45) is 0 Å². The van der Waals surface area contributed by atoms with Crippen LogP contribution in [0.5, 0.6) is 0 Å². The summed E-state index contributed by atoms with van der Waals surface area (Å²) in [5.74, 6) is -1.47. The standard InChI is InChI=1S/C18H17ClFNO3S/c1-12(13-5-4-6-14(19)9-13)21-17(22)10-24-18(23)11-25-16-8-3-2-7-15(16)20/h2-9,12H,10-11H2,1H3,(H,21,22)/t12-/m0/s1. The zero-order valence-corrected chi connectivity index (χ0v) is 15.1. The van der Waals surface area contributed by atoms with Gasteiger partial charge in [0.2, 0.25) is 0 Å². The van der Waals surface area contributed by atoms with E-state index in [-0.39, 0.29) is 18.4 Å². The molecule has 2 aromatic rings. The average Bonchev–Trinajstić information content (AvgIpc) is 2.59. The summed E-state index contributed by atoms with van der Waals surface area (Å²) < 4.78 is 18.3. The zero-order chi connectivity index (χ0) is 18.2. The largest absolute Gasteiger partial charge is 0.455 e. The number of thioether (sulfide) groups is 1. The second-order valence-electron chi connectivity index (χ2n) is 5.22. The number of carbonyl (C=O) groups excluding carboxylic acids is 2. The number of rotatable bonds is 7. The summed E-state index contributed by atoms with van der Waals surface area (Å²) in [4.78, 5) is 23.9. The summed E-state index contributed by atoms with van der Waals surface area (Å²) in [5, 5.41) is 3.30. The number of benzene rings is 2. The topological polar surface area (TPSA) is 55.4 Å². The van der Waals surface area contributed by atoms with E-state index in [1.54, 1.807) is 43.3 Å². The van der Waals surface area contributed by atoms with E-state index in [9.17, 15) is 14.0 Å². The molecule has 1 atom stereocenters. The van der Waals surface area contributed by atoms with Crippen LogP contribution in [-0.2, 0) is 14.3 Å². The maximum absolute atomic E-state index is 13.4. The quantitative estimate of drug-likeness (QED) is 0.582. The van der Waals surface area contributed by atoms with Gasteiger partial charge in [-0.05, 0) is 36.8 Å². The smallest absolute Gasteiger partial charge is 0.316 e. The van der Waals surface area contributed by atoms with Gasteiger partial charge in [0.25, 0.3) is 5.91 Å². The van der Waals surface area contributed by atoms with E-state index in [1.807, 2.05) is 6.07 Å². The van der Waals surface area contributed by atoms with Gasteiger partial charge in [-0.15, -0.1) is 11.8 Å². The molecule has 0 fully saturated rings. The van der Waals surface area contributed by atoms with Crippen molar-refractivity contribution in [2.45, 2.75) is 17.9 Å². The van der Waals surface area contributed by atoms with E-state index in [4.69, 9.17) is 16.3 Å². The average molecular weight is 382 g/mol. The lowest BCUT2D eigenvalue weighted by atomic mass is 10.1. The summed E-state index contributed by atoms with van der Waals surface area (Å²) in [6, 6.07) is 13.0. The fourth-order valence-electron chi connectivity index (χ4n) is 2.03. The number of carbonyl (C=O) groups is 2. The van der Waals surface area contributed by atoms with E-state index in [0.29, 0.717) is 9.92 Å². The normalized spacial score (nSPS) is 11.6. The zero-order valence-electron chi connectivity index (χ0n) is 13.5. The van der Waals surface area contributed by atoms with Crippen molar-refractivity contribution in [1.29, 1.82) is 0 Å². The van der Waals surface area contributed by atoms with Crippen LogP contribution in [0, 0.1) is 5.82 Å². The van der Waals surface area contributed by atoms with Gasteiger partial charge in [-0.2, -0.15) is 0 Å². The van der Waals surface area contributed by atoms with Crippen LogP contribution >= 0.6 is 23.4 Å². The minimum absolute atomic E-state index is 0.0714. The summed E-state index contributed by atoms with van der Waals surface area (Å²) in [6.07, 6.45) is 0. The highest BCUT2D eigenvalue weighted by atomic mass is 35.5. The minimum atomic E-state index is -0.584. The van der Waals surface area contributed by atoms with Crippen LogP contribution in [0.2, 0.25) is 5.02 Å². The summed E-state index contributed by atoms with van der Waals surface area (Å²) in [5.41, 5.74) is 0.849. The van der Waals surface area contributed by atoms with Crippen LogP contribution < -0.4 is 5.32 Å². The van der Waals surface area contributed by atoms with Crippen LogP contribution in [0.3, 0.4) is 0 Å². The molecule has 2 aromatic carbocycles. The molecule has 1 N–H and O–H groups in total. The second kappa shape index (κ2) is 9.44. The maximum Gasteiger partial charge on any atom is 0.316 e. The van der Waals surface area contributed by atoms with E-state index in [2.05, 4.69) is 5.32 Å². The van der Waals surface area contributed by atoms with Gasteiger partial charge in [0.15, 0.2) is 6.61 Å². The number of hydrogen-bond acceptors (Lipinski definition) is 4. The Labute approximate surface area is 154 Å². The van der Waals surface area contributed by atoms with Crippen molar-refractivity contribution >= 4 is 35.2 Å². The molecule has 0 aliphatic rings. The monoisotopic (exact) mass is 381 g/mol. The van der Waals surface area contributed by atoms with Crippen LogP contribution in [0.15, 0.2) is 53.4 Å². The Morgan fingerprint density at radius 2 is 2.00 bits per heavy atom. The Bertz CT molecular complexity index is 757. The summed E-state index contributed by atoms with van der Waals surface area (Å²) in [7, 11) is 0. The number of ether oxygens (including phenoxy) is 1. The predicted octanol–water partition coefficient (Wildman–Crippen LogP) is 3.99. The van der Waals surface area contributed by atoms with Crippen molar-refractivity contribution in [1.82, 2.24) is 5.32 Å². The Morgan fingerprint density at radius 1 is 1.24 bits per heavy atom. The molecule has 1 amide bonds. The summed E-state index contributed by atoms with van der Waals surface area (Å²) in [6.45, 7) is 1.42. The number of hydrogen-bond donors (Lipinski definition) is 1. The Balaban J connectivity index is 1.74. The van der Waals surface area contributed by atoms with Gasteiger partial charge in [0.1, 0.15) is 5.82 Å². The van der Waals surface area contributed by atoms with E-state index in [0.717, 1.165) is 17.3 Å². The molecule has 4 nitrogen and oxygen atoms in total. The molecule has 0 bridgehead atoms. The molecule has 25 heavy (non-hydrogen) atoms. The van der Waals surface area contributed by atoms with Gasteiger partial charge in [-0.1, -0.05) is 35.9 Å². The van der Waals surface area contributed by atoms with E-state index < -0.39 is 17.7 Å². The molecule has 0 saturated heterocycles. The lowest BCUT2D eigenvalue weighted by molar-refractivity contribution is -0.146. The van der Waals surface area contributed by atoms with Gasteiger partial charge in [-0.25, -0.2) is 4.39 Å². The van der Waals surface area contributed by atoms with Crippen LogP contribution in [-0.4, -0.2) is 24.2 Å². The second-order valence-corrected chi connectivity index (χ2v) is 6.68. The molecule has 132 valence electrons. The van der Waals surface area contributed by atoms with Crippen LogP contribution in [0.4, 0.5) is 4.39 Å². The molecular formula is C18H17ClFNO3S. The van der Waals surface area contributed by atoms with Crippen LogP contribution in [0.1, 0.15) is 18.5 Å². The lowest BCUT2D eigenvalue weighted by Gasteiger charge is -2.14. The number of esters is 1. The number of halogens is 2. The summed E-state index contributed by atoms with van der Waals surface area (Å²) >= 11 is 6.94. The highest BCUT2D eigenvalue weighted by molar-refractivity contribution is 8.00. The molecule has 7 heteroatoms. The first-order valence-corrected chi connectivity index (χ1v) is 8.90. The van der Waals surface area contributed by atoms with Gasteiger partial charge in [0, 0.05) is 9.92 Å². The molecule has 0 spiro atoms. The Morgan fingerprint density at radius 3 is 2.72 bits per heavy atom. The molecule has 0 aliphatic carbocycles. The fourth-order valence-corrected chi connectivity index (χ4v) is 2.96. The van der Waals surface area contributed by atoms with Crippen molar-refractivity contribution < 1.29 is 18.7 Å². The highest BCUT2D eigenvalue weighted by Crippen LogP contribution is 2.21. The van der Waals surface area contributed by atoms with Crippen LogP contribution in [0.25, 0.3) is 0 Å². The minimum Gasteiger partial charge on any atom is -0.455 e. The van der Waals surface area contributed by atoms with Gasteiger partial charge in [-0.3, -0.25) is 9.59 Å². The third kappa shape index (κ3) is 6.40. The Kier molecular flexibility index (Phi) is 7.28. The van der Waals surface area contributed by atoms with Crippen molar-refractivity contribution in [2.75, 3.05) is 12.4 Å². The molecule has 0 aromatic heterocycles. The van der Waals surface area contributed by atoms with Gasteiger partial charge in [0.05, 0.1) is 11.8 Å². The molecular weight excluding hydrogens is 365 g/mol. The number of amides is 1. The molecule has 2 rings (SSSR count). The molecule has 0 aliphatic heterocycles. The third-order valence-corrected chi connectivity index (χ3v) is 4.53. The predicted molar refractivity (Wildman–Crippen MR) is 96.1 cm³/mol. The van der Waals surface area contributed by atoms with Crippen molar-refractivity contribution in [3.63, 3.8) is 0 Å². The van der Waals surface area contributed by atoms with E-state index >= 15 is 0 Å². The van der Waals surface area contributed by atoms with E-state index in [1.165, 1.54) is 6.07 Å². The van der Waals surface area contributed by atoms with Gasteiger partial charge < -0.3 is 10.1 Å². The first-order chi connectivity index (χ1) is 12.0. The van der Waals surface area contributed by atoms with Gasteiger partial charge >= 0.3 is 5.97 Å². The van der Waals surface area contributed by atoms with Crippen molar-refractivity contribution in [3.05, 3.63) is 64.9 Å². The molecule has 0 heterocycles. The first kappa shape index (κ1) is 19.3. The molecule has 0 saturated carbocycles. The third-order valence-electron chi connectivity index (χ3n) is 3.27. The molecule has 0 unspecified atom stereocenters.